The second kappa shape index (κ2) is 15.7. The van der Waals surface area contributed by atoms with Crippen molar-refractivity contribution in [3.63, 3.8) is 0 Å². The van der Waals surface area contributed by atoms with Gasteiger partial charge in [0.25, 0.3) is 0 Å². The molecule has 0 saturated carbocycles. The number of rotatable bonds is 7. The van der Waals surface area contributed by atoms with Crippen molar-refractivity contribution >= 4 is 0 Å². The Morgan fingerprint density at radius 2 is 1.80 bits per heavy atom. The van der Waals surface area contributed by atoms with Crippen LogP contribution in [0.1, 0.15) is 59.8 Å². The fourth-order valence-electron chi connectivity index (χ4n) is 1.34. The third-order valence-electron chi connectivity index (χ3n) is 2.03. The molecule has 0 aliphatic rings. The zero-order valence-electron chi connectivity index (χ0n) is 11.1. The van der Waals surface area contributed by atoms with Crippen LogP contribution in [0.25, 0.3) is 0 Å². The maximum atomic E-state index is 3.72. The van der Waals surface area contributed by atoms with Crippen LogP contribution in [0, 0.1) is 0 Å². The van der Waals surface area contributed by atoms with Gasteiger partial charge < -0.3 is 0 Å². The van der Waals surface area contributed by atoms with Crippen molar-refractivity contribution in [2.45, 2.75) is 59.8 Å². The first-order chi connectivity index (χ1) is 7.35. The van der Waals surface area contributed by atoms with Gasteiger partial charge in [-0.3, -0.25) is 0 Å². The molecule has 0 spiro atoms. The normalized spacial score (nSPS) is 11.1. The lowest BCUT2D eigenvalue weighted by Crippen LogP contribution is -1.80. The summed E-state index contributed by atoms with van der Waals surface area (Å²) in [4.78, 5) is 0. The van der Waals surface area contributed by atoms with Crippen LogP contribution in [0.2, 0.25) is 0 Å². The predicted octanol–water partition coefficient (Wildman–Crippen LogP) is 5.67. The molecule has 0 amide bonds. The van der Waals surface area contributed by atoms with Crippen molar-refractivity contribution in [1.82, 2.24) is 0 Å². The summed E-state index contributed by atoms with van der Waals surface area (Å²) in [7, 11) is 0. The van der Waals surface area contributed by atoms with Crippen LogP contribution in [-0.2, 0) is 0 Å². The minimum Gasteiger partial charge on any atom is -0.0991 e. The first-order valence-electron chi connectivity index (χ1n) is 6.29. The van der Waals surface area contributed by atoms with E-state index in [1.54, 1.807) is 0 Å². The first-order valence-corrected chi connectivity index (χ1v) is 6.29. The van der Waals surface area contributed by atoms with Gasteiger partial charge in [-0.2, -0.15) is 0 Å². The second-order valence-electron chi connectivity index (χ2n) is 3.29. The van der Waals surface area contributed by atoms with Crippen LogP contribution in [0.3, 0.4) is 0 Å². The van der Waals surface area contributed by atoms with E-state index < -0.39 is 0 Å². The number of unbranched alkanes of at least 4 members (excludes halogenated alkanes) is 3. The van der Waals surface area contributed by atoms with E-state index in [1.165, 1.54) is 37.7 Å². The van der Waals surface area contributed by atoms with E-state index in [4.69, 9.17) is 0 Å². The summed E-state index contributed by atoms with van der Waals surface area (Å²) in [6, 6.07) is 0. The van der Waals surface area contributed by atoms with Gasteiger partial charge in [0.2, 0.25) is 0 Å². The quantitative estimate of drug-likeness (QED) is 0.373. The lowest BCUT2D eigenvalue weighted by Gasteiger charge is -2.00. The largest absolute Gasteiger partial charge is 0.0991 e. The van der Waals surface area contributed by atoms with Crippen LogP contribution < -0.4 is 0 Å². The SMILES string of the molecule is C=C/C=C(\C=C/C)CCCCCC.CC. The molecule has 0 unspecified atom stereocenters. The molecule has 0 rings (SSSR count). The monoisotopic (exact) mass is 208 g/mol. The third kappa shape index (κ3) is 13.2. The van der Waals surface area contributed by atoms with Crippen LogP contribution in [0.15, 0.2) is 36.5 Å². The van der Waals surface area contributed by atoms with Crippen molar-refractivity contribution in [3.05, 3.63) is 36.5 Å². The molecular formula is C15H28. The van der Waals surface area contributed by atoms with Gasteiger partial charge in [-0.1, -0.05) is 70.9 Å². The third-order valence-corrected chi connectivity index (χ3v) is 2.03. The minimum atomic E-state index is 1.19. The van der Waals surface area contributed by atoms with E-state index in [0.717, 1.165) is 0 Å². The molecule has 0 nitrogen and oxygen atoms in total. The molecule has 0 aliphatic heterocycles. The van der Waals surface area contributed by atoms with Crippen LogP contribution in [0.5, 0.6) is 0 Å². The van der Waals surface area contributed by atoms with Crippen LogP contribution in [-0.4, -0.2) is 0 Å². The fraction of sp³-hybridized carbons (Fsp3) is 0.600. The standard InChI is InChI=1S/C13H22.C2H6/c1-4-7-8-9-12-13(10-5-2)11-6-3;1-2/h5-6,10-11H,2,4,7-9,12H2,1,3H3;1-2H3/b11-6-,13-10+;. The number of hydrogen-bond donors (Lipinski definition) is 0. The molecule has 0 heterocycles. The van der Waals surface area contributed by atoms with E-state index in [1.807, 2.05) is 19.9 Å². The van der Waals surface area contributed by atoms with Crippen LogP contribution >= 0.6 is 0 Å². The van der Waals surface area contributed by atoms with Crippen molar-refractivity contribution in [3.8, 4) is 0 Å². The Kier molecular flexibility index (Phi) is 17.4. The summed E-state index contributed by atoms with van der Waals surface area (Å²) in [5, 5.41) is 0. The van der Waals surface area contributed by atoms with Gasteiger partial charge in [-0.15, -0.1) is 0 Å². The summed E-state index contributed by atoms with van der Waals surface area (Å²) < 4.78 is 0. The lowest BCUT2D eigenvalue weighted by atomic mass is 10.1. The molecule has 0 bridgehead atoms. The first kappa shape index (κ1) is 16.6. The topological polar surface area (TPSA) is 0 Å². The molecule has 0 aromatic heterocycles. The Hall–Kier alpha value is -0.780. The molecular weight excluding hydrogens is 180 g/mol. The Morgan fingerprint density at radius 3 is 2.27 bits per heavy atom. The molecule has 0 fully saturated rings. The average Bonchev–Trinajstić information content (AvgIpc) is 2.28. The summed E-state index contributed by atoms with van der Waals surface area (Å²) in [5.41, 5.74) is 1.40. The van der Waals surface area contributed by atoms with E-state index in [2.05, 4.69) is 38.7 Å². The maximum absolute atomic E-state index is 3.72. The van der Waals surface area contributed by atoms with Gasteiger partial charge in [0.1, 0.15) is 0 Å². The molecule has 88 valence electrons. The highest BCUT2D eigenvalue weighted by Gasteiger charge is 1.91. The fourth-order valence-corrected chi connectivity index (χ4v) is 1.34. The molecule has 0 heteroatoms. The second-order valence-corrected chi connectivity index (χ2v) is 3.29. The minimum absolute atomic E-state index is 1.19. The molecule has 0 aromatic rings. The van der Waals surface area contributed by atoms with Crippen molar-refractivity contribution in [2.24, 2.45) is 0 Å². The average molecular weight is 208 g/mol. The Bertz CT molecular complexity index is 172. The van der Waals surface area contributed by atoms with E-state index >= 15 is 0 Å². The zero-order chi connectivity index (χ0) is 11.9. The summed E-state index contributed by atoms with van der Waals surface area (Å²) >= 11 is 0. The van der Waals surface area contributed by atoms with Gasteiger partial charge in [0.15, 0.2) is 0 Å². The van der Waals surface area contributed by atoms with E-state index in [-0.39, 0.29) is 0 Å². The van der Waals surface area contributed by atoms with Gasteiger partial charge in [0.05, 0.1) is 0 Å². The molecule has 0 radical (unpaired) electrons. The number of hydrogen-bond acceptors (Lipinski definition) is 0. The Labute approximate surface area is 96.8 Å². The highest BCUT2D eigenvalue weighted by Crippen LogP contribution is 2.11. The van der Waals surface area contributed by atoms with Crippen LogP contribution in [0.4, 0.5) is 0 Å². The molecule has 0 aromatic carbocycles. The molecule has 0 aliphatic carbocycles. The van der Waals surface area contributed by atoms with Gasteiger partial charge >= 0.3 is 0 Å². The van der Waals surface area contributed by atoms with E-state index in [0.29, 0.717) is 0 Å². The lowest BCUT2D eigenvalue weighted by molar-refractivity contribution is 0.668. The predicted molar refractivity (Wildman–Crippen MR) is 73.2 cm³/mol. The Balaban J connectivity index is 0. The summed E-state index contributed by atoms with van der Waals surface area (Å²) in [5.74, 6) is 0. The Morgan fingerprint density at radius 1 is 1.13 bits per heavy atom. The molecule has 15 heavy (non-hydrogen) atoms. The maximum Gasteiger partial charge on any atom is -0.0279 e. The molecule has 0 atom stereocenters. The van der Waals surface area contributed by atoms with Crippen molar-refractivity contribution < 1.29 is 0 Å². The molecule has 0 N–H and O–H groups in total. The van der Waals surface area contributed by atoms with Crippen molar-refractivity contribution in [1.29, 1.82) is 0 Å². The highest BCUT2D eigenvalue weighted by atomic mass is 14.0. The zero-order valence-corrected chi connectivity index (χ0v) is 11.1. The van der Waals surface area contributed by atoms with Gasteiger partial charge in [0, 0.05) is 0 Å². The summed E-state index contributed by atoms with van der Waals surface area (Å²) in [6.45, 7) is 12.0. The van der Waals surface area contributed by atoms with Gasteiger partial charge in [-0.05, 0) is 25.3 Å². The van der Waals surface area contributed by atoms with E-state index in [9.17, 15) is 0 Å². The molecule has 0 saturated heterocycles. The van der Waals surface area contributed by atoms with Crippen molar-refractivity contribution in [2.75, 3.05) is 0 Å². The highest BCUT2D eigenvalue weighted by molar-refractivity contribution is 5.22. The smallest absolute Gasteiger partial charge is 0.0279 e. The van der Waals surface area contributed by atoms with Gasteiger partial charge in [-0.25, -0.2) is 0 Å². The summed E-state index contributed by atoms with van der Waals surface area (Å²) in [6.07, 6.45) is 14.8. The number of allylic oxidation sites excluding steroid dienone is 5.